The van der Waals surface area contributed by atoms with Crippen LogP contribution in [-0.4, -0.2) is 18.0 Å². The van der Waals surface area contributed by atoms with E-state index in [2.05, 4.69) is 68.1 Å². The Balaban J connectivity index is 1.74. The quantitative estimate of drug-likeness (QED) is 0.715. The normalized spacial score (nSPS) is 20.2. The van der Waals surface area contributed by atoms with Gasteiger partial charge in [-0.2, -0.15) is 0 Å². The van der Waals surface area contributed by atoms with E-state index in [0.29, 0.717) is 0 Å². The van der Waals surface area contributed by atoms with Gasteiger partial charge in [-0.15, -0.1) is 0 Å². The molecule has 0 aromatic heterocycles. The van der Waals surface area contributed by atoms with Crippen molar-refractivity contribution in [1.29, 1.82) is 0 Å². The molecule has 0 atom stereocenters. The van der Waals surface area contributed by atoms with Crippen molar-refractivity contribution in [3.8, 4) is 0 Å². The molecule has 0 amide bonds. The minimum absolute atomic E-state index is 0.755. The average molecular weight is 365 g/mol. The summed E-state index contributed by atoms with van der Waals surface area (Å²) in [4.78, 5) is 2.67. The highest BCUT2D eigenvalue weighted by Gasteiger charge is 2.23. The van der Waals surface area contributed by atoms with Crippen molar-refractivity contribution >= 4 is 0 Å². The van der Waals surface area contributed by atoms with Crippen LogP contribution in [0.15, 0.2) is 42.5 Å². The summed E-state index contributed by atoms with van der Waals surface area (Å²) >= 11 is 0. The fourth-order valence-electron chi connectivity index (χ4n) is 4.72. The maximum atomic E-state index is 5.89. The summed E-state index contributed by atoms with van der Waals surface area (Å²) in [6, 6.07) is 15.6. The van der Waals surface area contributed by atoms with E-state index >= 15 is 0 Å². The number of benzene rings is 2. The zero-order valence-corrected chi connectivity index (χ0v) is 17.4. The van der Waals surface area contributed by atoms with Crippen LogP contribution in [0.25, 0.3) is 0 Å². The third-order valence-corrected chi connectivity index (χ3v) is 6.29. The fraction of sp³-hybridized carbons (Fsp3) is 0.520. The second-order valence-electron chi connectivity index (χ2n) is 8.65. The van der Waals surface area contributed by atoms with Crippen molar-refractivity contribution in [3.63, 3.8) is 0 Å². The van der Waals surface area contributed by atoms with Crippen LogP contribution in [-0.2, 0) is 13.1 Å². The van der Waals surface area contributed by atoms with Gasteiger partial charge in [0, 0.05) is 19.6 Å². The van der Waals surface area contributed by atoms with E-state index in [1.165, 1.54) is 60.0 Å². The van der Waals surface area contributed by atoms with Crippen molar-refractivity contribution in [3.05, 3.63) is 70.3 Å². The van der Waals surface area contributed by atoms with Gasteiger partial charge in [-0.1, -0.05) is 48.0 Å². The highest BCUT2D eigenvalue weighted by atomic mass is 15.1. The molecule has 0 aliphatic heterocycles. The molecule has 0 unspecified atom stereocenters. The van der Waals surface area contributed by atoms with E-state index in [1.807, 2.05) is 0 Å². The summed E-state index contributed by atoms with van der Waals surface area (Å²) in [6.07, 6.45) is 5.28. The molecule has 1 aliphatic carbocycles. The zero-order chi connectivity index (χ0) is 19.2. The molecule has 0 saturated heterocycles. The van der Waals surface area contributed by atoms with Crippen LogP contribution in [0, 0.1) is 32.6 Å². The van der Waals surface area contributed by atoms with Crippen LogP contribution in [0.5, 0.6) is 0 Å². The first kappa shape index (κ1) is 20.1. The van der Waals surface area contributed by atoms with Gasteiger partial charge >= 0.3 is 0 Å². The van der Waals surface area contributed by atoms with E-state index < -0.39 is 0 Å². The molecule has 2 aromatic rings. The standard InChI is InChI=1S/C25H36N2/c1-19-13-20(2)25(21(3)14-19)18-27(16-23-7-5-4-6-8-23)17-24-11-9-22(15-26)10-12-24/h4-8,13-14,22,24H,9-12,15-18,26H2,1-3H3. The third-order valence-electron chi connectivity index (χ3n) is 6.29. The van der Waals surface area contributed by atoms with Crippen LogP contribution < -0.4 is 5.73 Å². The lowest BCUT2D eigenvalue weighted by Gasteiger charge is -2.33. The van der Waals surface area contributed by atoms with Crippen molar-refractivity contribution in [2.45, 2.75) is 59.5 Å². The van der Waals surface area contributed by atoms with Gasteiger partial charge in [-0.05, 0) is 87.1 Å². The first-order valence-corrected chi connectivity index (χ1v) is 10.6. The van der Waals surface area contributed by atoms with E-state index in [-0.39, 0.29) is 0 Å². The SMILES string of the molecule is Cc1cc(C)c(CN(Cc2ccccc2)CC2CCC(CN)CC2)c(C)c1. The lowest BCUT2D eigenvalue weighted by Crippen LogP contribution is -2.32. The Labute approximate surface area is 165 Å². The van der Waals surface area contributed by atoms with E-state index in [1.54, 1.807) is 0 Å². The summed E-state index contributed by atoms with van der Waals surface area (Å²) in [5, 5.41) is 0. The number of hydrogen-bond acceptors (Lipinski definition) is 2. The molecule has 1 saturated carbocycles. The van der Waals surface area contributed by atoms with Crippen LogP contribution in [0.3, 0.4) is 0 Å². The Morgan fingerprint density at radius 2 is 1.44 bits per heavy atom. The topological polar surface area (TPSA) is 29.3 Å². The molecule has 0 bridgehead atoms. The van der Waals surface area contributed by atoms with Crippen molar-refractivity contribution in [2.75, 3.05) is 13.1 Å². The summed E-state index contributed by atoms with van der Waals surface area (Å²) in [5.41, 5.74) is 13.0. The lowest BCUT2D eigenvalue weighted by molar-refractivity contribution is 0.169. The van der Waals surface area contributed by atoms with E-state index in [4.69, 9.17) is 5.73 Å². The summed E-state index contributed by atoms with van der Waals surface area (Å²) in [7, 11) is 0. The molecule has 2 heteroatoms. The van der Waals surface area contributed by atoms with Crippen molar-refractivity contribution in [2.24, 2.45) is 17.6 Å². The highest BCUT2D eigenvalue weighted by molar-refractivity contribution is 5.37. The van der Waals surface area contributed by atoms with Crippen molar-refractivity contribution < 1.29 is 0 Å². The molecule has 146 valence electrons. The van der Waals surface area contributed by atoms with Crippen LogP contribution in [0.2, 0.25) is 0 Å². The molecule has 3 rings (SSSR count). The number of nitrogens with zero attached hydrogens (tertiary/aromatic N) is 1. The first-order chi connectivity index (χ1) is 13.0. The molecule has 2 aromatic carbocycles. The van der Waals surface area contributed by atoms with E-state index in [0.717, 1.165) is 31.5 Å². The highest BCUT2D eigenvalue weighted by Crippen LogP contribution is 2.30. The van der Waals surface area contributed by atoms with Gasteiger partial charge in [0.05, 0.1) is 0 Å². The monoisotopic (exact) mass is 364 g/mol. The van der Waals surface area contributed by atoms with Crippen LogP contribution >= 0.6 is 0 Å². The Morgan fingerprint density at radius 3 is 2.04 bits per heavy atom. The molecule has 2 N–H and O–H groups in total. The van der Waals surface area contributed by atoms with Gasteiger partial charge in [0.2, 0.25) is 0 Å². The molecular formula is C25H36N2. The maximum Gasteiger partial charge on any atom is 0.0242 e. The second kappa shape index (κ2) is 9.52. The van der Waals surface area contributed by atoms with Crippen LogP contribution in [0.4, 0.5) is 0 Å². The molecule has 0 heterocycles. The molecule has 0 spiro atoms. The van der Waals surface area contributed by atoms with E-state index in [9.17, 15) is 0 Å². The van der Waals surface area contributed by atoms with Gasteiger partial charge in [-0.25, -0.2) is 0 Å². The Morgan fingerprint density at radius 1 is 0.852 bits per heavy atom. The predicted octanol–water partition coefficient (Wildman–Crippen LogP) is 5.38. The number of nitrogens with two attached hydrogens (primary N) is 1. The second-order valence-corrected chi connectivity index (χ2v) is 8.65. The first-order valence-electron chi connectivity index (χ1n) is 10.6. The summed E-state index contributed by atoms with van der Waals surface area (Å²) in [6.45, 7) is 10.9. The third kappa shape index (κ3) is 5.67. The smallest absolute Gasteiger partial charge is 0.0242 e. The molecular weight excluding hydrogens is 328 g/mol. The number of rotatable bonds is 7. The predicted molar refractivity (Wildman–Crippen MR) is 116 cm³/mol. The largest absolute Gasteiger partial charge is 0.330 e. The van der Waals surface area contributed by atoms with Crippen LogP contribution in [0.1, 0.15) is 53.5 Å². The lowest BCUT2D eigenvalue weighted by atomic mass is 9.81. The Hall–Kier alpha value is -1.64. The average Bonchev–Trinajstić information content (AvgIpc) is 2.66. The Bertz CT molecular complexity index is 691. The van der Waals surface area contributed by atoms with Crippen molar-refractivity contribution in [1.82, 2.24) is 4.90 Å². The summed E-state index contributed by atoms with van der Waals surface area (Å²) < 4.78 is 0. The van der Waals surface area contributed by atoms with Gasteiger partial charge in [0.25, 0.3) is 0 Å². The number of hydrogen-bond donors (Lipinski definition) is 1. The molecule has 2 nitrogen and oxygen atoms in total. The fourth-order valence-corrected chi connectivity index (χ4v) is 4.72. The van der Waals surface area contributed by atoms with Gasteiger partial charge < -0.3 is 5.73 Å². The molecule has 27 heavy (non-hydrogen) atoms. The molecule has 0 radical (unpaired) electrons. The maximum absolute atomic E-state index is 5.89. The van der Waals surface area contributed by atoms with Gasteiger partial charge in [0.15, 0.2) is 0 Å². The minimum Gasteiger partial charge on any atom is -0.330 e. The van der Waals surface area contributed by atoms with Gasteiger partial charge in [0.1, 0.15) is 0 Å². The molecule has 1 fully saturated rings. The van der Waals surface area contributed by atoms with Gasteiger partial charge in [-0.3, -0.25) is 4.90 Å². The zero-order valence-electron chi connectivity index (χ0n) is 17.4. The molecule has 1 aliphatic rings. The number of aryl methyl sites for hydroxylation is 3. The Kier molecular flexibility index (Phi) is 7.09. The summed E-state index contributed by atoms with van der Waals surface area (Å²) in [5.74, 6) is 1.56. The minimum atomic E-state index is 0.755.